The maximum absolute atomic E-state index is 13.0. The molecule has 0 radical (unpaired) electrons. The normalized spacial score (nSPS) is 12.7. The van der Waals surface area contributed by atoms with Gasteiger partial charge in [0.1, 0.15) is 0 Å². The van der Waals surface area contributed by atoms with E-state index >= 15 is 0 Å². The van der Waals surface area contributed by atoms with E-state index in [1.807, 2.05) is 0 Å². The van der Waals surface area contributed by atoms with E-state index in [4.69, 9.17) is 10.9 Å². The zero-order valence-corrected chi connectivity index (χ0v) is 10.4. The van der Waals surface area contributed by atoms with Crippen molar-refractivity contribution in [2.45, 2.75) is 13.1 Å². The third-order valence-electron chi connectivity index (χ3n) is 2.68. The highest BCUT2D eigenvalue weighted by Gasteiger charge is 2.34. The zero-order chi connectivity index (χ0) is 14.9. The van der Waals surface area contributed by atoms with Gasteiger partial charge in [-0.1, -0.05) is 5.16 Å². The second-order valence-electron chi connectivity index (χ2n) is 4.11. The third kappa shape index (κ3) is 2.58. The summed E-state index contributed by atoms with van der Waals surface area (Å²) in [5.74, 6) is -0.597. The van der Waals surface area contributed by atoms with Crippen LogP contribution in [0.3, 0.4) is 0 Å². The Morgan fingerprint density at radius 2 is 2.05 bits per heavy atom. The summed E-state index contributed by atoms with van der Waals surface area (Å²) in [6, 6.07) is 5.13. The Kier molecular flexibility index (Phi) is 3.39. The van der Waals surface area contributed by atoms with Crippen molar-refractivity contribution in [2.75, 3.05) is 0 Å². The highest BCUT2D eigenvalue weighted by atomic mass is 19.4. The molecule has 1 aromatic carbocycles. The summed E-state index contributed by atoms with van der Waals surface area (Å²) >= 11 is 0. The molecule has 8 heteroatoms. The molecule has 0 saturated carbocycles. The van der Waals surface area contributed by atoms with Gasteiger partial charge in [-0.25, -0.2) is 4.68 Å². The molecule has 20 heavy (non-hydrogen) atoms. The molecular formula is C12H11F3N4O. The molecule has 3 N–H and O–H groups in total. The van der Waals surface area contributed by atoms with Gasteiger partial charge in [-0.15, -0.1) is 0 Å². The monoisotopic (exact) mass is 284 g/mol. The molecule has 0 fully saturated rings. The van der Waals surface area contributed by atoms with Crippen LogP contribution >= 0.6 is 0 Å². The van der Waals surface area contributed by atoms with E-state index in [-0.39, 0.29) is 11.3 Å². The first-order valence-electron chi connectivity index (χ1n) is 5.54. The van der Waals surface area contributed by atoms with Crippen molar-refractivity contribution in [2.24, 2.45) is 10.9 Å². The molecule has 0 bridgehead atoms. The van der Waals surface area contributed by atoms with E-state index in [9.17, 15) is 13.2 Å². The van der Waals surface area contributed by atoms with Gasteiger partial charge in [0.15, 0.2) is 5.84 Å². The van der Waals surface area contributed by atoms with Crippen molar-refractivity contribution >= 4 is 5.84 Å². The van der Waals surface area contributed by atoms with E-state index < -0.39 is 17.6 Å². The second kappa shape index (κ2) is 4.87. The minimum Gasteiger partial charge on any atom is -0.409 e. The molecular weight excluding hydrogens is 273 g/mol. The highest BCUT2D eigenvalue weighted by molar-refractivity contribution is 5.98. The van der Waals surface area contributed by atoms with Crippen molar-refractivity contribution in [3.8, 4) is 5.69 Å². The Balaban J connectivity index is 2.60. The van der Waals surface area contributed by atoms with E-state index in [2.05, 4.69) is 10.3 Å². The number of nitrogens with zero attached hydrogens (tertiary/aromatic N) is 3. The van der Waals surface area contributed by atoms with Crippen molar-refractivity contribution < 1.29 is 18.4 Å². The lowest BCUT2D eigenvalue weighted by Crippen LogP contribution is -2.20. The smallest absolute Gasteiger partial charge is 0.409 e. The predicted molar refractivity (Wildman–Crippen MR) is 65.8 cm³/mol. The van der Waals surface area contributed by atoms with Crippen LogP contribution in [-0.4, -0.2) is 20.8 Å². The van der Waals surface area contributed by atoms with Crippen LogP contribution in [0.15, 0.2) is 35.6 Å². The van der Waals surface area contributed by atoms with Gasteiger partial charge >= 0.3 is 6.18 Å². The SMILES string of the molecule is Cc1ccn(-c2ccc(C(N)=NO)c(C(F)(F)F)c2)n1. The first-order chi connectivity index (χ1) is 9.32. The number of aromatic nitrogens is 2. The topological polar surface area (TPSA) is 76.4 Å². The summed E-state index contributed by atoms with van der Waals surface area (Å²) in [6.07, 6.45) is -3.07. The Morgan fingerprint density at radius 1 is 1.35 bits per heavy atom. The lowest BCUT2D eigenvalue weighted by molar-refractivity contribution is -0.137. The summed E-state index contributed by atoms with van der Waals surface area (Å²) in [6.45, 7) is 1.73. The van der Waals surface area contributed by atoms with Gasteiger partial charge in [-0.3, -0.25) is 0 Å². The Labute approximate surface area is 112 Å². The highest BCUT2D eigenvalue weighted by Crippen LogP contribution is 2.33. The molecule has 1 heterocycles. The largest absolute Gasteiger partial charge is 0.417 e. The summed E-state index contributed by atoms with van der Waals surface area (Å²) in [5.41, 5.74) is 4.81. The maximum atomic E-state index is 13.0. The van der Waals surface area contributed by atoms with Gasteiger partial charge in [-0.05, 0) is 31.2 Å². The van der Waals surface area contributed by atoms with Crippen LogP contribution in [0.5, 0.6) is 0 Å². The fourth-order valence-electron chi connectivity index (χ4n) is 1.75. The molecule has 2 rings (SSSR count). The average molecular weight is 284 g/mol. The number of rotatable bonds is 2. The number of hydrogen-bond donors (Lipinski definition) is 2. The zero-order valence-electron chi connectivity index (χ0n) is 10.4. The van der Waals surface area contributed by atoms with Gasteiger partial charge in [0.2, 0.25) is 0 Å². The minimum atomic E-state index is -4.62. The number of aryl methyl sites for hydroxylation is 1. The molecule has 0 aliphatic rings. The number of halogens is 3. The molecule has 0 spiro atoms. The predicted octanol–water partition coefficient (Wildman–Crippen LogP) is 2.29. The van der Waals surface area contributed by atoms with Crippen LogP contribution in [0.4, 0.5) is 13.2 Å². The van der Waals surface area contributed by atoms with Gasteiger partial charge in [0, 0.05) is 11.8 Å². The maximum Gasteiger partial charge on any atom is 0.417 e. The fourth-order valence-corrected chi connectivity index (χ4v) is 1.75. The van der Waals surface area contributed by atoms with E-state index in [0.717, 1.165) is 12.1 Å². The van der Waals surface area contributed by atoms with Crippen LogP contribution in [0.1, 0.15) is 16.8 Å². The molecule has 1 aromatic heterocycles. The average Bonchev–Trinajstić information content (AvgIpc) is 2.83. The van der Waals surface area contributed by atoms with Crippen molar-refractivity contribution in [1.29, 1.82) is 0 Å². The van der Waals surface area contributed by atoms with E-state index in [0.29, 0.717) is 5.69 Å². The first-order valence-corrected chi connectivity index (χ1v) is 5.54. The molecule has 0 unspecified atom stereocenters. The minimum absolute atomic E-state index is 0.236. The molecule has 0 atom stereocenters. The first kappa shape index (κ1) is 13.9. The van der Waals surface area contributed by atoms with Gasteiger partial charge in [0.25, 0.3) is 0 Å². The molecule has 0 saturated heterocycles. The van der Waals surface area contributed by atoms with Crippen LogP contribution < -0.4 is 5.73 Å². The second-order valence-corrected chi connectivity index (χ2v) is 4.11. The molecule has 2 aromatic rings. The fraction of sp³-hybridized carbons (Fsp3) is 0.167. The van der Waals surface area contributed by atoms with Gasteiger partial charge < -0.3 is 10.9 Å². The Hall–Kier alpha value is -2.51. The number of hydrogen-bond acceptors (Lipinski definition) is 3. The molecule has 5 nitrogen and oxygen atoms in total. The van der Waals surface area contributed by atoms with Crippen LogP contribution in [0, 0.1) is 6.92 Å². The number of nitrogens with two attached hydrogens (primary N) is 1. The van der Waals surface area contributed by atoms with Gasteiger partial charge in [0.05, 0.1) is 16.9 Å². The number of oxime groups is 1. The standard InChI is InChI=1S/C12H11F3N4O/c1-7-4-5-19(17-7)8-2-3-9(11(16)18-20)10(6-8)12(13,14)15/h2-6,20H,1H3,(H2,16,18). The summed E-state index contributed by atoms with van der Waals surface area (Å²) in [7, 11) is 0. The number of alkyl halides is 3. The van der Waals surface area contributed by atoms with Crippen LogP contribution in [0.25, 0.3) is 5.69 Å². The third-order valence-corrected chi connectivity index (χ3v) is 2.68. The molecule has 0 aliphatic heterocycles. The Bertz CT molecular complexity index is 661. The Morgan fingerprint density at radius 3 is 2.55 bits per heavy atom. The summed E-state index contributed by atoms with van der Waals surface area (Å²) < 4.78 is 40.4. The summed E-state index contributed by atoms with van der Waals surface area (Å²) in [4.78, 5) is 0. The number of amidine groups is 1. The van der Waals surface area contributed by atoms with E-state index in [1.54, 1.807) is 19.2 Å². The van der Waals surface area contributed by atoms with Gasteiger partial charge in [-0.2, -0.15) is 18.3 Å². The molecule has 0 aliphatic carbocycles. The van der Waals surface area contributed by atoms with Crippen molar-refractivity contribution in [3.05, 3.63) is 47.3 Å². The van der Waals surface area contributed by atoms with Crippen LogP contribution in [0.2, 0.25) is 0 Å². The number of benzene rings is 1. The van der Waals surface area contributed by atoms with Crippen molar-refractivity contribution in [3.63, 3.8) is 0 Å². The quantitative estimate of drug-likeness (QED) is 0.384. The van der Waals surface area contributed by atoms with E-state index in [1.165, 1.54) is 10.7 Å². The lowest BCUT2D eigenvalue weighted by Gasteiger charge is -2.13. The van der Waals surface area contributed by atoms with Crippen molar-refractivity contribution in [1.82, 2.24) is 9.78 Å². The van der Waals surface area contributed by atoms with Crippen LogP contribution in [-0.2, 0) is 6.18 Å². The lowest BCUT2D eigenvalue weighted by atomic mass is 10.1. The molecule has 0 amide bonds. The summed E-state index contributed by atoms with van der Waals surface area (Å²) in [5, 5.41) is 15.2. The molecule has 106 valence electrons.